The Kier molecular flexibility index (Phi) is 4.68. The second kappa shape index (κ2) is 5.65. The molecule has 0 unspecified atom stereocenters. The van der Waals surface area contributed by atoms with E-state index in [4.69, 9.17) is 10.9 Å². The first-order valence-corrected chi connectivity index (χ1v) is 8.26. The van der Waals surface area contributed by atoms with Crippen LogP contribution in [0.4, 0.5) is 5.69 Å². The zero-order valence-electron chi connectivity index (χ0n) is 9.53. The number of hydrogen-bond acceptors (Lipinski definition) is 5. The van der Waals surface area contributed by atoms with Crippen LogP contribution in [-0.4, -0.2) is 29.1 Å². The van der Waals surface area contributed by atoms with Gasteiger partial charge < -0.3 is 5.73 Å². The fourth-order valence-corrected chi connectivity index (χ4v) is 2.92. The number of nitrogens with one attached hydrogen (secondary N) is 1. The maximum Gasteiger partial charge on any atom is 0.240 e. The normalized spacial score (nSPS) is 12.5. The van der Waals surface area contributed by atoms with Gasteiger partial charge in [-0.1, -0.05) is 6.07 Å². The van der Waals surface area contributed by atoms with Crippen LogP contribution in [0.15, 0.2) is 29.2 Å². The van der Waals surface area contributed by atoms with Gasteiger partial charge in [-0.2, -0.15) is 0 Å². The fourth-order valence-electron chi connectivity index (χ4n) is 1.24. The van der Waals surface area contributed by atoms with E-state index < -0.39 is 20.0 Å². The molecule has 0 spiro atoms. The average Bonchev–Trinajstić information content (AvgIpc) is 2.23. The molecule has 0 bridgehead atoms. The number of rotatable bonds is 6. The maximum atomic E-state index is 11.8. The highest BCUT2D eigenvalue weighted by Crippen LogP contribution is 2.12. The lowest BCUT2D eigenvalue weighted by Crippen LogP contribution is -2.27. The van der Waals surface area contributed by atoms with E-state index in [1.807, 2.05) is 0 Å². The molecule has 0 aliphatic rings. The van der Waals surface area contributed by atoms with Crippen molar-refractivity contribution in [3.8, 4) is 0 Å². The SMILES string of the molecule is Nc1cccc(S(=O)(=O)NCCCS(N)(=O)=O)c1. The highest BCUT2D eigenvalue weighted by atomic mass is 32.2. The molecule has 1 rings (SSSR count). The minimum absolute atomic E-state index is 0.00639. The number of nitrogens with two attached hydrogens (primary N) is 2. The number of benzene rings is 1. The van der Waals surface area contributed by atoms with E-state index in [9.17, 15) is 16.8 Å². The summed E-state index contributed by atoms with van der Waals surface area (Å²) in [5, 5.41) is 4.79. The van der Waals surface area contributed by atoms with Crippen LogP contribution in [0.5, 0.6) is 0 Å². The fraction of sp³-hybridized carbons (Fsp3) is 0.333. The third kappa shape index (κ3) is 5.00. The van der Waals surface area contributed by atoms with E-state index in [0.717, 1.165) is 0 Å². The van der Waals surface area contributed by atoms with Gasteiger partial charge in [0.2, 0.25) is 20.0 Å². The molecule has 0 heterocycles. The first-order chi connectivity index (χ1) is 8.21. The van der Waals surface area contributed by atoms with Crippen LogP contribution in [0.25, 0.3) is 0 Å². The molecule has 0 radical (unpaired) electrons. The molecular weight excluding hydrogens is 278 g/mol. The van der Waals surface area contributed by atoms with Crippen LogP contribution in [0, 0.1) is 0 Å². The predicted octanol–water partition coefficient (Wildman–Crippen LogP) is -0.774. The Bertz CT molecular complexity index is 610. The van der Waals surface area contributed by atoms with Crippen molar-refractivity contribution in [1.82, 2.24) is 4.72 Å². The topological polar surface area (TPSA) is 132 Å². The summed E-state index contributed by atoms with van der Waals surface area (Å²) >= 11 is 0. The van der Waals surface area contributed by atoms with Crippen LogP contribution < -0.4 is 15.6 Å². The van der Waals surface area contributed by atoms with Gasteiger partial charge in [0, 0.05) is 12.2 Å². The molecule has 5 N–H and O–H groups in total. The third-order valence-corrected chi connectivity index (χ3v) is 4.38. The zero-order valence-corrected chi connectivity index (χ0v) is 11.2. The van der Waals surface area contributed by atoms with Crippen molar-refractivity contribution in [2.45, 2.75) is 11.3 Å². The summed E-state index contributed by atoms with van der Waals surface area (Å²) in [6.07, 6.45) is 0.111. The van der Waals surface area contributed by atoms with Gasteiger partial charge in [0.1, 0.15) is 0 Å². The summed E-state index contributed by atoms with van der Waals surface area (Å²) in [4.78, 5) is 0.0399. The van der Waals surface area contributed by atoms with E-state index >= 15 is 0 Å². The Morgan fingerprint density at radius 1 is 1.17 bits per heavy atom. The van der Waals surface area contributed by atoms with Crippen molar-refractivity contribution in [2.75, 3.05) is 18.0 Å². The molecule has 0 saturated heterocycles. The highest BCUT2D eigenvalue weighted by molar-refractivity contribution is 7.89. The van der Waals surface area contributed by atoms with Crippen LogP contribution in [0.1, 0.15) is 6.42 Å². The van der Waals surface area contributed by atoms with Crippen molar-refractivity contribution >= 4 is 25.7 Å². The van der Waals surface area contributed by atoms with E-state index in [0.29, 0.717) is 5.69 Å². The highest BCUT2D eigenvalue weighted by Gasteiger charge is 2.13. The largest absolute Gasteiger partial charge is 0.399 e. The Morgan fingerprint density at radius 3 is 2.39 bits per heavy atom. The molecule has 18 heavy (non-hydrogen) atoms. The average molecular weight is 293 g/mol. The van der Waals surface area contributed by atoms with Crippen LogP contribution in [0.2, 0.25) is 0 Å². The minimum Gasteiger partial charge on any atom is -0.399 e. The van der Waals surface area contributed by atoms with Gasteiger partial charge in [0.25, 0.3) is 0 Å². The molecule has 0 fully saturated rings. The molecule has 9 heteroatoms. The maximum absolute atomic E-state index is 11.8. The minimum atomic E-state index is -3.67. The predicted molar refractivity (Wildman–Crippen MR) is 68.6 cm³/mol. The Morgan fingerprint density at radius 2 is 1.83 bits per heavy atom. The molecular formula is C9H15N3O4S2. The Balaban J connectivity index is 2.61. The van der Waals surface area contributed by atoms with Gasteiger partial charge in [-0.15, -0.1) is 0 Å². The molecule has 0 aliphatic heterocycles. The van der Waals surface area contributed by atoms with E-state index in [1.54, 1.807) is 6.07 Å². The summed E-state index contributed by atoms with van der Waals surface area (Å²) in [7, 11) is -7.23. The Hall–Kier alpha value is -1.16. The van der Waals surface area contributed by atoms with Gasteiger partial charge in [-0.25, -0.2) is 26.7 Å². The van der Waals surface area contributed by atoms with E-state index in [-0.39, 0.29) is 23.6 Å². The summed E-state index contributed by atoms with van der Waals surface area (Å²) in [6.45, 7) is -0.00639. The molecule has 0 saturated carbocycles. The summed E-state index contributed by atoms with van der Waals surface area (Å²) in [5.41, 5.74) is 5.81. The number of hydrogen-bond donors (Lipinski definition) is 3. The Labute approximate surface area is 106 Å². The first kappa shape index (κ1) is 14.9. The summed E-state index contributed by atoms with van der Waals surface area (Å²) in [6, 6.07) is 5.81. The lowest BCUT2D eigenvalue weighted by Gasteiger charge is -2.06. The summed E-state index contributed by atoms with van der Waals surface area (Å²) < 4.78 is 47.1. The molecule has 7 nitrogen and oxygen atoms in total. The summed E-state index contributed by atoms with van der Waals surface area (Å²) in [5.74, 6) is -0.271. The van der Waals surface area contributed by atoms with Gasteiger partial charge in [-0.05, 0) is 24.6 Å². The van der Waals surface area contributed by atoms with E-state index in [2.05, 4.69) is 4.72 Å². The van der Waals surface area contributed by atoms with Gasteiger partial charge in [0.05, 0.1) is 10.6 Å². The monoisotopic (exact) mass is 293 g/mol. The number of nitrogen functional groups attached to an aromatic ring is 1. The van der Waals surface area contributed by atoms with E-state index in [1.165, 1.54) is 18.2 Å². The second-order valence-corrected chi connectivity index (χ2v) is 7.19. The lowest BCUT2D eigenvalue weighted by atomic mass is 10.3. The van der Waals surface area contributed by atoms with Crippen molar-refractivity contribution in [2.24, 2.45) is 5.14 Å². The lowest BCUT2D eigenvalue weighted by molar-refractivity contribution is 0.576. The van der Waals surface area contributed by atoms with Crippen molar-refractivity contribution in [3.63, 3.8) is 0 Å². The van der Waals surface area contributed by atoms with Gasteiger partial charge >= 0.3 is 0 Å². The van der Waals surface area contributed by atoms with Crippen LogP contribution in [-0.2, 0) is 20.0 Å². The molecule has 0 aliphatic carbocycles. The zero-order chi connectivity index (χ0) is 13.8. The van der Waals surface area contributed by atoms with Crippen molar-refractivity contribution < 1.29 is 16.8 Å². The molecule has 1 aromatic rings. The van der Waals surface area contributed by atoms with Crippen molar-refractivity contribution in [1.29, 1.82) is 0 Å². The van der Waals surface area contributed by atoms with Crippen LogP contribution in [0.3, 0.4) is 0 Å². The molecule has 102 valence electrons. The first-order valence-electron chi connectivity index (χ1n) is 5.06. The van der Waals surface area contributed by atoms with Gasteiger partial charge in [0.15, 0.2) is 0 Å². The quantitative estimate of drug-likeness (QED) is 0.468. The van der Waals surface area contributed by atoms with Crippen molar-refractivity contribution in [3.05, 3.63) is 24.3 Å². The molecule has 0 amide bonds. The second-order valence-electron chi connectivity index (χ2n) is 3.69. The van der Waals surface area contributed by atoms with Crippen LogP contribution >= 0.6 is 0 Å². The molecule has 0 atom stereocenters. The number of primary sulfonamides is 1. The number of sulfonamides is 2. The smallest absolute Gasteiger partial charge is 0.240 e. The number of anilines is 1. The molecule has 0 aromatic heterocycles. The van der Waals surface area contributed by atoms with Gasteiger partial charge in [-0.3, -0.25) is 0 Å². The molecule has 1 aromatic carbocycles. The standard InChI is InChI=1S/C9H15N3O4S2/c10-8-3-1-4-9(7-8)18(15,16)12-5-2-6-17(11,13)14/h1,3-4,7,12H,2,5-6,10H2,(H2,11,13,14). The third-order valence-electron chi connectivity index (χ3n) is 2.07.